The van der Waals surface area contributed by atoms with Gasteiger partial charge in [-0.05, 0) is 26.0 Å². The molecule has 1 heterocycles. The van der Waals surface area contributed by atoms with Crippen LogP contribution in [0.15, 0.2) is 18.2 Å². The zero-order valence-electron chi connectivity index (χ0n) is 11.2. The Labute approximate surface area is 108 Å². The van der Waals surface area contributed by atoms with Crippen LogP contribution in [0.25, 0.3) is 0 Å². The van der Waals surface area contributed by atoms with Crippen molar-refractivity contribution < 1.29 is 14.6 Å². The third-order valence-electron chi connectivity index (χ3n) is 3.36. The van der Waals surface area contributed by atoms with Crippen LogP contribution in [0, 0.1) is 0 Å². The van der Waals surface area contributed by atoms with Crippen molar-refractivity contribution in [3.05, 3.63) is 23.8 Å². The van der Waals surface area contributed by atoms with Gasteiger partial charge in [-0.25, -0.2) is 0 Å². The highest BCUT2D eigenvalue weighted by Crippen LogP contribution is 2.35. The Kier molecular flexibility index (Phi) is 4.09. The number of anilines is 1. The van der Waals surface area contributed by atoms with E-state index >= 15 is 0 Å². The Morgan fingerprint density at radius 2 is 2.28 bits per heavy atom. The second-order valence-electron chi connectivity index (χ2n) is 4.69. The smallest absolute Gasteiger partial charge is 0.126 e. The average Bonchev–Trinajstić information content (AvgIpc) is 2.38. The first kappa shape index (κ1) is 13.2. The molecule has 2 atom stereocenters. The van der Waals surface area contributed by atoms with Crippen LogP contribution in [0.3, 0.4) is 0 Å². The first-order chi connectivity index (χ1) is 8.65. The van der Waals surface area contributed by atoms with Crippen molar-refractivity contribution >= 4 is 5.69 Å². The number of methoxy groups -OCH3 is 1. The summed E-state index contributed by atoms with van der Waals surface area (Å²) in [5.41, 5.74) is 1.90. The summed E-state index contributed by atoms with van der Waals surface area (Å²) in [6.45, 7) is 6.18. The number of aliphatic hydroxyl groups is 1. The third-order valence-corrected chi connectivity index (χ3v) is 3.36. The van der Waals surface area contributed by atoms with E-state index in [9.17, 15) is 5.11 Å². The molecule has 2 rings (SSSR count). The van der Waals surface area contributed by atoms with E-state index < -0.39 is 6.10 Å². The Morgan fingerprint density at radius 3 is 2.89 bits per heavy atom. The number of rotatable bonds is 3. The summed E-state index contributed by atoms with van der Waals surface area (Å²) >= 11 is 0. The predicted octanol–water partition coefficient (Wildman–Crippen LogP) is 1.97. The van der Waals surface area contributed by atoms with Gasteiger partial charge in [0, 0.05) is 23.8 Å². The molecule has 1 aromatic carbocycles. The van der Waals surface area contributed by atoms with Crippen LogP contribution in [-0.2, 0) is 4.74 Å². The molecular formula is C14H21NO3. The van der Waals surface area contributed by atoms with Crippen LogP contribution >= 0.6 is 0 Å². The van der Waals surface area contributed by atoms with Gasteiger partial charge < -0.3 is 19.5 Å². The van der Waals surface area contributed by atoms with Gasteiger partial charge in [0.1, 0.15) is 5.75 Å². The fraction of sp³-hybridized carbons (Fsp3) is 0.571. The molecule has 0 aliphatic carbocycles. The van der Waals surface area contributed by atoms with E-state index in [4.69, 9.17) is 9.47 Å². The maximum absolute atomic E-state index is 10.00. The second kappa shape index (κ2) is 5.59. The van der Waals surface area contributed by atoms with Crippen LogP contribution in [0.2, 0.25) is 0 Å². The zero-order valence-corrected chi connectivity index (χ0v) is 11.2. The average molecular weight is 251 g/mol. The summed E-state index contributed by atoms with van der Waals surface area (Å²) in [4.78, 5) is 2.27. The molecule has 1 aliphatic rings. The van der Waals surface area contributed by atoms with Gasteiger partial charge in [0.25, 0.3) is 0 Å². The van der Waals surface area contributed by atoms with Crippen LogP contribution in [-0.4, -0.2) is 38.0 Å². The standard InChI is InChI=1S/C14H21NO3/c1-10-9-18-8-7-15(10)12-5-4-6-13(17-3)14(12)11(2)16/h4-6,10-11,16H,7-9H2,1-3H3. The first-order valence-corrected chi connectivity index (χ1v) is 6.34. The number of hydrogen-bond donors (Lipinski definition) is 1. The predicted molar refractivity (Wildman–Crippen MR) is 71.3 cm³/mol. The Balaban J connectivity index is 2.42. The molecule has 2 unspecified atom stereocenters. The molecule has 1 fully saturated rings. The van der Waals surface area contributed by atoms with Crippen LogP contribution in [0.5, 0.6) is 5.75 Å². The first-order valence-electron chi connectivity index (χ1n) is 6.34. The van der Waals surface area contributed by atoms with Gasteiger partial charge in [-0.15, -0.1) is 0 Å². The lowest BCUT2D eigenvalue weighted by Gasteiger charge is -2.37. The number of morpholine rings is 1. The molecule has 1 N–H and O–H groups in total. The monoisotopic (exact) mass is 251 g/mol. The van der Waals surface area contributed by atoms with Crippen molar-refractivity contribution in [1.82, 2.24) is 0 Å². The van der Waals surface area contributed by atoms with Gasteiger partial charge in [-0.3, -0.25) is 0 Å². The fourth-order valence-electron chi connectivity index (χ4n) is 2.47. The van der Waals surface area contributed by atoms with Gasteiger partial charge in [-0.1, -0.05) is 6.07 Å². The highest BCUT2D eigenvalue weighted by molar-refractivity contribution is 5.61. The molecule has 1 aliphatic heterocycles. The van der Waals surface area contributed by atoms with Crippen LogP contribution < -0.4 is 9.64 Å². The van der Waals surface area contributed by atoms with E-state index in [1.54, 1.807) is 14.0 Å². The van der Waals surface area contributed by atoms with E-state index in [1.165, 1.54) is 0 Å². The molecule has 0 amide bonds. The van der Waals surface area contributed by atoms with Gasteiger partial charge in [-0.2, -0.15) is 0 Å². The quantitative estimate of drug-likeness (QED) is 0.892. The number of hydrogen-bond acceptors (Lipinski definition) is 4. The molecule has 4 nitrogen and oxygen atoms in total. The Bertz CT molecular complexity index is 406. The minimum absolute atomic E-state index is 0.309. The maximum Gasteiger partial charge on any atom is 0.126 e. The van der Waals surface area contributed by atoms with Crippen LogP contribution in [0.1, 0.15) is 25.5 Å². The zero-order chi connectivity index (χ0) is 13.1. The second-order valence-corrected chi connectivity index (χ2v) is 4.69. The molecule has 0 spiro atoms. The van der Waals surface area contributed by atoms with E-state index in [2.05, 4.69) is 11.8 Å². The minimum Gasteiger partial charge on any atom is -0.496 e. The molecule has 4 heteroatoms. The summed E-state index contributed by atoms with van der Waals surface area (Å²) in [7, 11) is 1.63. The van der Waals surface area contributed by atoms with E-state index in [0.29, 0.717) is 6.04 Å². The van der Waals surface area contributed by atoms with Gasteiger partial charge in [0.2, 0.25) is 0 Å². The summed E-state index contributed by atoms with van der Waals surface area (Å²) < 4.78 is 10.8. The third kappa shape index (κ3) is 2.44. The largest absolute Gasteiger partial charge is 0.496 e. The molecule has 18 heavy (non-hydrogen) atoms. The minimum atomic E-state index is -0.550. The van der Waals surface area contributed by atoms with Gasteiger partial charge >= 0.3 is 0 Å². The van der Waals surface area contributed by atoms with Crippen molar-refractivity contribution in [1.29, 1.82) is 0 Å². The molecular weight excluding hydrogens is 230 g/mol. The lowest BCUT2D eigenvalue weighted by molar-refractivity contribution is 0.0983. The molecule has 0 saturated carbocycles. The summed E-state index contributed by atoms with van der Waals surface area (Å²) in [5, 5.41) is 10.00. The van der Waals surface area contributed by atoms with Crippen molar-refractivity contribution in [3.8, 4) is 5.75 Å². The molecule has 0 bridgehead atoms. The Morgan fingerprint density at radius 1 is 1.50 bits per heavy atom. The number of benzene rings is 1. The molecule has 0 aromatic heterocycles. The van der Waals surface area contributed by atoms with Gasteiger partial charge in [0.15, 0.2) is 0 Å². The van der Waals surface area contributed by atoms with E-state index in [0.717, 1.165) is 36.8 Å². The Hall–Kier alpha value is -1.26. The molecule has 1 saturated heterocycles. The van der Waals surface area contributed by atoms with E-state index in [-0.39, 0.29) is 0 Å². The highest BCUT2D eigenvalue weighted by atomic mass is 16.5. The fourth-order valence-corrected chi connectivity index (χ4v) is 2.47. The summed E-state index contributed by atoms with van der Waals surface area (Å²) in [6.07, 6.45) is -0.550. The van der Waals surface area contributed by atoms with Crippen molar-refractivity contribution in [2.75, 3.05) is 31.8 Å². The van der Waals surface area contributed by atoms with Crippen molar-refractivity contribution in [2.45, 2.75) is 26.0 Å². The normalized spacial score (nSPS) is 21.8. The molecule has 1 aromatic rings. The lowest BCUT2D eigenvalue weighted by atomic mass is 10.0. The van der Waals surface area contributed by atoms with Crippen molar-refractivity contribution in [3.63, 3.8) is 0 Å². The molecule has 0 radical (unpaired) electrons. The van der Waals surface area contributed by atoms with Gasteiger partial charge in [0.05, 0.1) is 26.4 Å². The molecule has 100 valence electrons. The summed E-state index contributed by atoms with van der Waals surface area (Å²) in [6, 6.07) is 6.19. The number of aliphatic hydroxyl groups excluding tert-OH is 1. The van der Waals surface area contributed by atoms with Crippen LogP contribution in [0.4, 0.5) is 5.69 Å². The SMILES string of the molecule is COc1cccc(N2CCOCC2C)c1C(C)O. The number of nitrogens with zero attached hydrogens (tertiary/aromatic N) is 1. The highest BCUT2D eigenvalue weighted by Gasteiger charge is 2.24. The maximum atomic E-state index is 10.00. The number of ether oxygens (including phenoxy) is 2. The topological polar surface area (TPSA) is 41.9 Å². The van der Waals surface area contributed by atoms with Crippen molar-refractivity contribution in [2.24, 2.45) is 0 Å². The van der Waals surface area contributed by atoms with E-state index in [1.807, 2.05) is 18.2 Å². The summed E-state index contributed by atoms with van der Waals surface area (Å²) in [5.74, 6) is 0.737. The lowest BCUT2D eigenvalue weighted by Crippen LogP contribution is -2.44.